The minimum absolute atomic E-state index is 0.845. The first-order chi connectivity index (χ1) is 5.24. The van der Waals surface area contributed by atoms with E-state index in [1.54, 1.807) is 0 Å². The summed E-state index contributed by atoms with van der Waals surface area (Å²) < 4.78 is 7.91. The van der Waals surface area contributed by atoms with Gasteiger partial charge in [0.2, 0.25) is 0 Å². The topological polar surface area (TPSA) is 103 Å². The number of nitrogens with zero attached hydrogens (tertiary/aromatic N) is 2. The van der Waals surface area contributed by atoms with Crippen molar-refractivity contribution in [3.63, 3.8) is 0 Å². The molecular weight excluding hydrogens is 152 g/mol. The monoisotopic (exact) mass is 156 g/mol. The zero-order valence-corrected chi connectivity index (χ0v) is 5.35. The molecule has 0 aromatic rings. The Labute approximate surface area is 62.2 Å². The Hall–Kier alpha value is -1.79. The molecule has 0 radical (unpaired) electrons. The van der Waals surface area contributed by atoms with Crippen LogP contribution in [0.4, 0.5) is 4.79 Å². The number of carbonyl (C=O) groups excluding carboxylic acids is 1. The van der Waals surface area contributed by atoms with Crippen LogP contribution >= 0.6 is 0 Å². The zero-order valence-electron chi connectivity index (χ0n) is 5.35. The van der Waals surface area contributed by atoms with Crippen LogP contribution in [0.3, 0.4) is 0 Å². The van der Waals surface area contributed by atoms with Crippen LogP contribution in [0, 0.1) is 22.7 Å². The first-order valence-electron chi connectivity index (χ1n) is 2.48. The van der Waals surface area contributed by atoms with E-state index in [1.807, 2.05) is 0 Å². The van der Waals surface area contributed by atoms with Gasteiger partial charge in [0.25, 0.3) is 6.10 Å². The maximum Gasteiger partial charge on any atom is 0.512 e. The molecule has 1 N–H and O–H groups in total. The molecule has 0 saturated carbocycles. The van der Waals surface area contributed by atoms with Gasteiger partial charge < -0.3 is 14.6 Å². The van der Waals surface area contributed by atoms with E-state index < -0.39 is 19.1 Å². The van der Waals surface area contributed by atoms with Crippen LogP contribution in [0.5, 0.6) is 0 Å². The summed E-state index contributed by atoms with van der Waals surface area (Å²) in [4.78, 5) is 10.3. The van der Waals surface area contributed by atoms with Gasteiger partial charge in [-0.1, -0.05) is 0 Å². The summed E-state index contributed by atoms with van der Waals surface area (Å²) in [6.07, 6.45) is -2.74. The van der Waals surface area contributed by atoms with Crippen LogP contribution in [-0.4, -0.2) is 24.2 Å². The minimum Gasteiger partial charge on any atom is -0.407 e. The third-order valence-electron chi connectivity index (χ3n) is 0.631. The number of hydrogen-bond donors (Lipinski definition) is 1. The Bertz CT molecular complexity index is 200. The smallest absolute Gasteiger partial charge is 0.407 e. The molecule has 6 heteroatoms. The molecule has 0 rings (SSSR count). The molecular formula is C5H4N2O4. The minimum atomic E-state index is -1.49. The summed E-state index contributed by atoms with van der Waals surface area (Å²) in [6, 6.07) is 2.75. The number of aliphatic hydroxyl groups excluding tert-OH is 1. The van der Waals surface area contributed by atoms with E-state index >= 15 is 0 Å². The van der Waals surface area contributed by atoms with Gasteiger partial charge >= 0.3 is 6.16 Å². The predicted octanol–water partition coefficient (Wildman–Crippen LogP) is -0.495. The second-order valence-corrected chi connectivity index (χ2v) is 1.28. The standard InChI is InChI=1S/C5H4N2O4/c6-1-4(2-7)11-5(9)10-3-8/h4,8H,3H2. The SMILES string of the molecule is N#CC(C#N)OC(=O)OCO. The number of nitriles is 2. The average molecular weight is 156 g/mol. The number of rotatable bonds is 2. The van der Waals surface area contributed by atoms with Crippen molar-refractivity contribution < 1.29 is 19.4 Å². The molecule has 0 aromatic carbocycles. The van der Waals surface area contributed by atoms with Crippen molar-refractivity contribution in [1.82, 2.24) is 0 Å². The third kappa shape index (κ3) is 3.73. The molecule has 0 aromatic heterocycles. The Balaban J connectivity index is 3.77. The van der Waals surface area contributed by atoms with E-state index in [-0.39, 0.29) is 0 Å². The van der Waals surface area contributed by atoms with Crippen LogP contribution in [-0.2, 0) is 9.47 Å². The van der Waals surface area contributed by atoms with Crippen LogP contribution in [0.15, 0.2) is 0 Å². The lowest BCUT2D eigenvalue weighted by Gasteiger charge is -2.01. The quantitative estimate of drug-likeness (QED) is 0.427. The highest BCUT2D eigenvalue weighted by Gasteiger charge is 2.12. The second-order valence-electron chi connectivity index (χ2n) is 1.28. The molecule has 58 valence electrons. The van der Waals surface area contributed by atoms with Crippen LogP contribution < -0.4 is 0 Å². The lowest BCUT2D eigenvalue weighted by Crippen LogP contribution is -2.15. The Kier molecular flexibility index (Phi) is 4.21. The number of carbonyl (C=O) groups is 1. The number of ether oxygens (including phenoxy) is 2. The van der Waals surface area contributed by atoms with Crippen molar-refractivity contribution in [1.29, 1.82) is 10.5 Å². The lowest BCUT2D eigenvalue weighted by molar-refractivity contribution is -0.00794. The van der Waals surface area contributed by atoms with Gasteiger partial charge in [0.1, 0.15) is 12.1 Å². The van der Waals surface area contributed by atoms with Gasteiger partial charge in [-0.3, -0.25) is 0 Å². The van der Waals surface area contributed by atoms with Crippen molar-refractivity contribution in [2.45, 2.75) is 6.10 Å². The van der Waals surface area contributed by atoms with Crippen LogP contribution in [0.25, 0.3) is 0 Å². The fourth-order valence-electron chi connectivity index (χ4n) is 0.265. The lowest BCUT2D eigenvalue weighted by atomic mass is 10.4. The summed E-state index contributed by atoms with van der Waals surface area (Å²) in [7, 11) is 0. The molecule has 0 unspecified atom stereocenters. The van der Waals surface area contributed by atoms with Gasteiger partial charge in [-0.25, -0.2) is 4.79 Å². The number of aliphatic hydroxyl groups is 1. The third-order valence-corrected chi connectivity index (χ3v) is 0.631. The fraction of sp³-hybridized carbons (Fsp3) is 0.400. The molecule has 0 fully saturated rings. The Morgan fingerprint density at radius 2 is 2.09 bits per heavy atom. The molecule has 0 aliphatic heterocycles. The van der Waals surface area contributed by atoms with Crippen molar-refractivity contribution in [3.05, 3.63) is 0 Å². The summed E-state index contributed by atoms with van der Waals surface area (Å²) in [5.41, 5.74) is 0. The first-order valence-corrected chi connectivity index (χ1v) is 2.48. The van der Waals surface area contributed by atoms with Gasteiger partial charge in [0.05, 0.1) is 0 Å². The van der Waals surface area contributed by atoms with Crippen LogP contribution in [0.2, 0.25) is 0 Å². The predicted molar refractivity (Wildman–Crippen MR) is 29.7 cm³/mol. The largest absolute Gasteiger partial charge is 0.512 e. The summed E-state index contributed by atoms with van der Waals surface area (Å²) in [6.45, 7) is -0.845. The molecule has 0 bridgehead atoms. The van der Waals surface area contributed by atoms with E-state index in [1.165, 1.54) is 12.1 Å². The Morgan fingerprint density at radius 1 is 1.55 bits per heavy atom. The van der Waals surface area contributed by atoms with E-state index in [4.69, 9.17) is 15.6 Å². The fourth-order valence-corrected chi connectivity index (χ4v) is 0.265. The normalized spacial score (nSPS) is 8.00. The van der Waals surface area contributed by atoms with Gasteiger partial charge in [0.15, 0.2) is 6.79 Å². The van der Waals surface area contributed by atoms with Crippen molar-refractivity contribution in [3.8, 4) is 12.1 Å². The van der Waals surface area contributed by atoms with E-state index in [0.29, 0.717) is 0 Å². The highest BCUT2D eigenvalue weighted by atomic mass is 16.8. The molecule has 0 heterocycles. The van der Waals surface area contributed by atoms with Gasteiger partial charge in [0, 0.05) is 0 Å². The molecule has 6 nitrogen and oxygen atoms in total. The number of hydrogen-bond acceptors (Lipinski definition) is 6. The van der Waals surface area contributed by atoms with E-state index in [2.05, 4.69) is 9.47 Å². The highest BCUT2D eigenvalue weighted by Crippen LogP contribution is 1.91. The summed E-state index contributed by atoms with van der Waals surface area (Å²) in [5, 5.41) is 24.2. The zero-order chi connectivity index (χ0) is 8.69. The van der Waals surface area contributed by atoms with E-state index in [0.717, 1.165) is 0 Å². The molecule has 0 aliphatic rings. The van der Waals surface area contributed by atoms with Crippen molar-refractivity contribution in [2.24, 2.45) is 0 Å². The first kappa shape index (κ1) is 9.21. The molecule has 0 spiro atoms. The maximum absolute atomic E-state index is 10.3. The highest BCUT2D eigenvalue weighted by molar-refractivity contribution is 5.60. The van der Waals surface area contributed by atoms with Gasteiger partial charge in [-0.2, -0.15) is 10.5 Å². The molecule has 11 heavy (non-hydrogen) atoms. The molecule has 0 saturated heterocycles. The van der Waals surface area contributed by atoms with Gasteiger partial charge in [-0.05, 0) is 0 Å². The van der Waals surface area contributed by atoms with Gasteiger partial charge in [-0.15, -0.1) is 0 Å². The molecule has 0 aliphatic carbocycles. The average Bonchev–Trinajstić information content (AvgIpc) is 2.01. The Morgan fingerprint density at radius 3 is 2.45 bits per heavy atom. The van der Waals surface area contributed by atoms with Crippen molar-refractivity contribution in [2.75, 3.05) is 6.79 Å². The van der Waals surface area contributed by atoms with E-state index in [9.17, 15) is 4.79 Å². The molecule has 0 atom stereocenters. The maximum atomic E-state index is 10.3. The second kappa shape index (κ2) is 5.03. The van der Waals surface area contributed by atoms with Crippen LogP contribution in [0.1, 0.15) is 0 Å². The summed E-state index contributed by atoms with van der Waals surface area (Å²) >= 11 is 0. The van der Waals surface area contributed by atoms with Crippen molar-refractivity contribution >= 4 is 6.16 Å². The molecule has 0 amide bonds. The summed E-state index contributed by atoms with van der Waals surface area (Å²) in [5.74, 6) is 0.